The highest BCUT2D eigenvalue weighted by atomic mass is 16.6. The Morgan fingerprint density at radius 1 is 1.83 bits per heavy atom. The highest BCUT2D eigenvalue weighted by molar-refractivity contribution is 5.81. The summed E-state index contributed by atoms with van der Waals surface area (Å²) >= 11 is 0. The number of rotatable bonds is 3. The van der Waals surface area contributed by atoms with Crippen LogP contribution in [0.2, 0.25) is 0 Å². The van der Waals surface area contributed by atoms with Crippen molar-refractivity contribution in [1.29, 1.82) is 0 Å². The van der Waals surface area contributed by atoms with Gasteiger partial charge in [0.2, 0.25) is 0 Å². The van der Waals surface area contributed by atoms with Crippen LogP contribution in [0.25, 0.3) is 0 Å². The molecule has 0 amide bonds. The van der Waals surface area contributed by atoms with Crippen LogP contribution in [0.1, 0.15) is 13.3 Å². The molecule has 0 saturated carbocycles. The van der Waals surface area contributed by atoms with Crippen molar-refractivity contribution in [3.05, 3.63) is 12.7 Å². The first-order valence-electron chi connectivity index (χ1n) is 4.13. The second-order valence-corrected chi connectivity index (χ2v) is 3.13. The van der Waals surface area contributed by atoms with Gasteiger partial charge in [-0.05, 0) is 12.3 Å². The Morgan fingerprint density at radius 2 is 2.58 bits per heavy atom. The Kier molecular flexibility index (Phi) is 3.29. The highest BCUT2D eigenvalue weighted by Gasteiger charge is 2.22. The number of hydrogen-bond acceptors (Lipinski definition) is 3. The van der Waals surface area contributed by atoms with Crippen LogP contribution in [0, 0.1) is 5.92 Å². The summed E-state index contributed by atoms with van der Waals surface area (Å²) in [7, 11) is 0. The Bertz CT molecular complexity index is 177. The normalized spacial score (nSPS) is 28.4. The monoisotopic (exact) mass is 170 g/mol. The van der Waals surface area contributed by atoms with Crippen molar-refractivity contribution < 1.29 is 14.3 Å². The van der Waals surface area contributed by atoms with Crippen molar-refractivity contribution in [2.24, 2.45) is 5.92 Å². The minimum absolute atomic E-state index is 0.0869. The SMILES string of the molecule is C=CC(=O)OCC1CC(C)CO1. The molecule has 2 unspecified atom stereocenters. The van der Waals surface area contributed by atoms with E-state index in [4.69, 9.17) is 9.47 Å². The largest absolute Gasteiger partial charge is 0.460 e. The molecule has 3 heteroatoms. The average molecular weight is 170 g/mol. The lowest BCUT2D eigenvalue weighted by Crippen LogP contribution is -2.16. The van der Waals surface area contributed by atoms with Gasteiger partial charge in [0.05, 0.1) is 6.10 Å². The van der Waals surface area contributed by atoms with Crippen LogP contribution in [0.4, 0.5) is 0 Å². The molecule has 0 bridgehead atoms. The van der Waals surface area contributed by atoms with Crippen LogP contribution < -0.4 is 0 Å². The van der Waals surface area contributed by atoms with Gasteiger partial charge in [0, 0.05) is 12.7 Å². The number of esters is 1. The first kappa shape index (κ1) is 9.26. The van der Waals surface area contributed by atoms with Gasteiger partial charge in [-0.15, -0.1) is 0 Å². The van der Waals surface area contributed by atoms with Crippen LogP contribution in [-0.4, -0.2) is 25.3 Å². The van der Waals surface area contributed by atoms with Gasteiger partial charge in [0.1, 0.15) is 6.61 Å². The van der Waals surface area contributed by atoms with Crippen molar-refractivity contribution in [1.82, 2.24) is 0 Å². The molecule has 1 saturated heterocycles. The summed E-state index contributed by atoms with van der Waals surface area (Å²) < 4.78 is 10.2. The summed E-state index contributed by atoms with van der Waals surface area (Å²) in [4.78, 5) is 10.7. The fourth-order valence-electron chi connectivity index (χ4n) is 1.24. The van der Waals surface area contributed by atoms with Gasteiger partial charge >= 0.3 is 5.97 Å². The third kappa shape index (κ3) is 2.66. The predicted octanol–water partition coefficient (Wildman–Crippen LogP) is 1.14. The standard InChI is InChI=1S/C9H14O3/c1-3-9(10)12-6-8-4-7(2)5-11-8/h3,7-8H,1,4-6H2,2H3. The maximum absolute atomic E-state index is 10.7. The van der Waals surface area contributed by atoms with Gasteiger partial charge in [0.25, 0.3) is 0 Å². The fourth-order valence-corrected chi connectivity index (χ4v) is 1.24. The van der Waals surface area contributed by atoms with Gasteiger partial charge in [-0.1, -0.05) is 13.5 Å². The van der Waals surface area contributed by atoms with E-state index < -0.39 is 0 Å². The molecule has 0 aliphatic carbocycles. The summed E-state index contributed by atoms with van der Waals surface area (Å²) in [5.41, 5.74) is 0. The molecule has 1 heterocycles. The first-order chi connectivity index (χ1) is 5.72. The summed E-state index contributed by atoms with van der Waals surface area (Å²) in [6.45, 7) is 6.56. The molecule has 1 aliphatic heterocycles. The molecular formula is C9H14O3. The van der Waals surface area contributed by atoms with E-state index >= 15 is 0 Å². The lowest BCUT2D eigenvalue weighted by molar-refractivity contribution is -0.140. The molecule has 0 radical (unpaired) electrons. The number of carbonyl (C=O) groups excluding carboxylic acids is 1. The van der Waals surface area contributed by atoms with E-state index in [2.05, 4.69) is 13.5 Å². The first-order valence-corrected chi connectivity index (χ1v) is 4.13. The van der Waals surface area contributed by atoms with E-state index in [-0.39, 0.29) is 12.1 Å². The zero-order valence-corrected chi connectivity index (χ0v) is 7.29. The summed E-state index contributed by atoms with van der Waals surface area (Å²) in [6.07, 6.45) is 2.23. The Hall–Kier alpha value is -0.830. The smallest absolute Gasteiger partial charge is 0.330 e. The molecule has 68 valence electrons. The maximum atomic E-state index is 10.7. The molecule has 0 aromatic heterocycles. The van der Waals surface area contributed by atoms with Crippen LogP contribution >= 0.6 is 0 Å². The van der Waals surface area contributed by atoms with Crippen molar-refractivity contribution in [3.63, 3.8) is 0 Å². The highest BCUT2D eigenvalue weighted by Crippen LogP contribution is 2.18. The summed E-state index contributed by atoms with van der Waals surface area (Å²) in [6, 6.07) is 0. The minimum atomic E-state index is -0.377. The zero-order valence-electron chi connectivity index (χ0n) is 7.29. The lowest BCUT2D eigenvalue weighted by atomic mass is 10.1. The Labute approximate surface area is 72.4 Å². The number of ether oxygens (including phenoxy) is 2. The Balaban J connectivity index is 2.15. The predicted molar refractivity (Wildman–Crippen MR) is 44.7 cm³/mol. The van der Waals surface area contributed by atoms with E-state index in [9.17, 15) is 4.79 Å². The van der Waals surface area contributed by atoms with E-state index in [1.165, 1.54) is 6.08 Å². The van der Waals surface area contributed by atoms with E-state index in [1.54, 1.807) is 0 Å². The topological polar surface area (TPSA) is 35.5 Å². The molecule has 1 fully saturated rings. The van der Waals surface area contributed by atoms with Crippen LogP contribution in [0.3, 0.4) is 0 Å². The lowest BCUT2D eigenvalue weighted by Gasteiger charge is -2.08. The van der Waals surface area contributed by atoms with E-state index in [0.717, 1.165) is 13.0 Å². The summed E-state index contributed by atoms with van der Waals surface area (Å²) in [5.74, 6) is 0.204. The molecule has 12 heavy (non-hydrogen) atoms. The molecule has 0 spiro atoms. The van der Waals surface area contributed by atoms with Crippen molar-refractivity contribution >= 4 is 5.97 Å². The van der Waals surface area contributed by atoms with Crippen molar-refractivity contribution in [3.8, 4) is 0 Å². The van der Waals surface area contributed by atoms with Crippen molar-refractivity contribution in [2.75, 3.05) is 13.2 Å². The van der Waals surface area contributed by atoms with Gasteiger partial charge < -0.3 is 9.47 Å². The van der Waals surface area contributed by atoms with E-state index in [1.807, 2.05) is 0 Å². The molecule has 1 rings (SSSR count). The molecule has 0 aromatic carbocycles. The van der Waals surface area contributed by atoms with Gasteiger partial charge in [0.15, 0.2) is 0 Å². The van der Waals surface area contributed by atoms with Gasteiger partial charge in [-0.25, -0.2) is 4.79 Å². The average Bonchev–Trinajstić information content (AvgIpc) is 2.47. The van der Waals surface area contributed by atoms with E-state index in [0.29, 0.717) is 12.5 Å². The molecule has 0 aromatic rings. The fraction of sp³-hybridized carbons (Fsp3) is 0.667. The van der Waals surface area contributed by atoms with Crippen molar-refractivity contribution in [2.45, 2.75) is 19.4 Å². The molecule has 1 aliphatic rings. The second-order valence-electron chi connectivity index (χ2n) is 3.13. The maximum Gasteiger partial charge on any atom is 0.330 e. The Morgan fingerprint density at radius 3 is 3.08 bits per heavy atom. The molecule has 2 atom stereocenters. The van der Waals surface area contributed by atoms with Crippen LogP contribution in [0.5, 0.6) is 0 Å². The number of carbonyl (C=O) groups is 1. The molecule has 3 nitrogen and oxygen atoms in total. The van der Waals surface area contributed by atoms with Crippen LogP contribution in [-0.2, 0) is 14.3 Å². The quantitative estimate of drug-likeness (QED) is 0.470. The zero-order chi connectivity index (χ0) is 8.97. The minimum Gasteiger partial charge on any atom is -0.460 e. The third-order valence-electron chi connectivity index (χ3n) is 1.86. The molecular weight excluding hydrogens is 156 g/mol. The second kappa shape index (κ2) is 4.26. The van der Waals surface area contributed by atoms with Gasteiger partial charge in [-0.2, -0.15) is 0 Å². The molecule has 0 N–H and O–H groups in total. The van der Waals surface area contributed by atoms with Crippen LogP contribution in [0.15, 0.2) is 12.7 Å². The number of hydrogen-bond donors (Lipinski definition) is 0. The summed E-state index contributed by atoms with van der Waals surface area (Å²) in [5, 5.41) is 0. The third-order valence-corrected chi connectivity index (χ3v) is 1.86. The van der Waals surface area contributed by atoms with Gasteiger partial charge in [-0.3, -0.25) is 0 Å².